The van der Waals surface area contributed by atoms with E-state index in [1.807, 2.05) is 0 Å². The van der Waals surface area contributed by atoms with Crippen molar-refractivity contribution in [3.8, 4) is 11.8 Å². The second kappa shape index (κ2) is 9.56. The fraction of sp³-hybridized carbons (Fsp3) is 0.500. The Labute approximate surface area is 117 Å². The first-order chi connectivity index (χ1) is 9.27. The van der Waals surface area contributed by atoms with Crippen molar-refractivity contribution in [1.29, 1.82) is 0 Å². The van der Waals surface area contributed by atoms with Gasteiger partial charge in [0.2, 0.25) is 0 Å². The van der Waals surface area contributed by atoms with Gasteiger partial charge in [0.1, 0.15) is 6.61 Å². The number of carbonyl (C=O) groups excluding carboxylic acids is 1. The van der Waals surface area contributed by atoms with Gasteiger partial charge in [0.25, 0.3) is 5.91 Å². The van der Waals surface area contributed by atoms with Crippen LogP contribution in [0, 0.1) is 11.8 Å². The molecule has 0 fully saturated rings. The third kappa shape index (κ3) is 6.39. The number of nitrogens with one attached hydrogen (secondary N) is 1. The number of carbonyl (C=O) groups is 1. The fourth-order valence-electron chi connectivity index (χ4n) is 1.33. The van der Waals surface area contributed by atoms with Crippen molar-refractivity contribution < 1.29 is 14.6 Å². The minimum atomic E-state index is -0.172. The van der Waals surface area contributed by atoms with Gasteiger partial charge >= 0.3 is 0 Å². The quantitative estimate of drug-likeness (QED) is 0.590. The van der Waals surface area contributed by atoms with Crippen molar-refractivity contribution >= 4 is 17.2 Å². The Kier molecular flexibility index (Phi) is 7.91. The molecule has 0 aromatic carbocycles. The smallest absolute Gasteiger partial charge is 0.252 e. The van der Waals surface area contributed by atoms with Gasteiger partial charge in [-0.25, -0.2) is 0 Å². The lowest BCUT2D eigenvalue weighted by Crippen LogP contribution is -2.26. The van der Waals surface area contributed by atoms with Crippen LogP contribution in [0.2, 0.25) is 0 Å². The molecule has 0 saturated heterocycles. The van der Waals surface area contributed by atoms with Crippen molar-refractivity contribution in [2.24, 2.45) is 0 Å². The molecule has 1 amide bonds. The Morgan fingerprint density at radius 3 is 3.11 bits per heavy atom. The molecule has 1 heterocycles. The molecule has 0 radical (unpaired) electrons. The molecule has 4 nitrogen and oxygen atoms in total. The third-order valence-electron chi connectivity index (χ3n) is 2.33. The highest BCUT2D eigenvalue weighted by atomic mass is 32.1. The third-order valence-corrected chi connectivity index (χ3v) is 3.17. The molecule has 1 aromatic heterocycles. The Balaban J connectivity index is 2.27. The Hall–Kier alpha value is -1.35. The summed E-state index contributed by atoms with van der Waals surface area (Å²) in [5, 5.41) is 13.1. The maximum Gasteiger partial charge on any atom is 0.252 e. The first-order valence-electron chi connectivity index (χ1n) is 6.32. The summed E-state index contributed by atoms with van der Waals surface area (Å²) in [4.78, 5) is 12.5. The van der Waals surface area contributed by atoms with E-state index >= 15 is 0 Å². The first-order valence-corrected chi connectivity index (χ1v) is 7.20. The summed E-state index contributed by atoms with van der Waals surface area (Å²) in [7, 11) is 0. The van der Waals surface area contributed by atoms with E-state index in [9.17, 15) is 4.79 Å². The van der Waals surface area contributed by atoms with E-state index in [2.05, 4.69) is 24.1 Å². The van der Waals surface area contributed by atoms with Gasteiger partial charge in [-0.1, -0.05) is 25.2 Å². The second-order valence-electron chi connectivity index (χ2n) is 3.88. The minimum Gasteiger partial charge on any atom is -0.384 e. The summed E-state index contributed by atoms with van der Waals surface area (Å²) >= 11 is 1.39. The lowest BCUT2D eigenvalue weighted by Gasteiger charge is -2.04. The molecule has 0 unspecified atom stereocenters. The van der Waals surface area contributed by atoms with Crippen molar-refractivity contribution in [2.45, 2.75) is 19.8 Å². The molecule has 5 heteroatoms. The van der Waals surface area contributed by atoms with Gasteiger partial charge in [0.05, 0.1) is 17.0 Å². The zero-order chi connectivity index (χ0) is 13.9. The van der Waals surface area contributed by atoms with Crippen molar-refractivity contribution in [3.05, 3.63) is 21.9 Å². The molecule has 1 rings (SSSR count). The molecule has 0 bridgehead atoms. The van der Waals surface area contributed by atoms with E-state index in [4.69, 9.17) is 9.84 Å². The highest BCUT2D eigenvalue weighted by Gasteiger charge is 2.06. The molecule has 104 valence electrons. The molecule has 0 aliphatic carbocycles. The molecule has 0 aliphatic heterocycles. The molecule has 19 heavy (non-hydrogen) atoms. The highest BCUT2D eigenvalue weighted by Crippen LogP contribution is 2.13. The highest BCUT2D eigenvalue weighted by molar-refractivity contribution is 7.10. The Morgan fingerprint density at radius 1 is 1.53 bits per heavy atom. The van der Waals surface area contributed by atoms with Crippen molar-refractivity contribution in [2.75, 3.05) is 26.4 Å². The molecule has 1 aromatic rings. The number of aliphatic hydroxyl groups is 1. The molecule has 2 N–H and O–H groups in total. The zero-order valence-corrected chi connectivity index (χ0v) is 11.9. The Morgan fingerprint density at radius 2 is 2.37 bits per heavy atom. The number of thiophene rings is 1. The minimum absolute atomic E-state index is 0.118. The zero-order valence-electron chi connectivity index (χ0n) is 11.1. The van der Waals surface area contributed by atoms with Gasteiger partial charge in [0, 0.05) is 18.5 Å². The predicted octanol–water partition coefficient (Wildman–Crippen LogP) is 1.64. The summed E-state index contributed by atoms with van der Waals surface area (Å²) < 4.78 is 5.36. The molecule has 0 aliphatic rings. The van der Waals surface area contributed by atoms with Crippen LogP contribution in [-0.2, 0) is 4.74 Å². The summed E-state index contributed by atoms with van der Waals surface area (Å²) in [6, 6.07) is 1.72. The standard InChI is InChI=1S/C14H19NO3S/c1-2-3-8-18-9-6-15-14(17)12-10-13(19-11-12)5-4-7-16/h10-11,16H,2-3,6-9H2,1H3,(H,15,17). The number of rotatable bonds is 7. The summed E-state index contributed by atoms with van der Waals surface area (Å²) in [6.07, 6.45) is 2.16. The molecular formula is C14H19NO3S. The van der Waals surface area contributed by atoms with Gasteiger partial charge in [-0.2, -0.15) is 0 Å². The van der Waals surface area contributed by atoms with E-state index < -0.39 is 0 Å². The van der Waals surface area contributed by atoms with Crippen LogP contribution < -0.4 is 5.32 Å². The maximum atomic E-state index is 11.8. The van der Waals surface area contributed by atoms with E-state index in [1.165, 1.54) is 11.3 Å². The predicted molar refractivity (Wildman–Crippen MR) is 76.3 cm³/mol. The van der Waals surface area contributed by atoms with E-state index in [-0.39, 0.29) is 12.5 Å². The van der Waals surface area contributed by atoms with Gasteiger partial charge in [-0.15, -0.1) is 11.3 Å². The largest absolute Gasteiger partial charge is 0.384 e. The molecule has 0 atom stereocenters. The van der Waals surface area contributed by atoms with Crippen LogP contribution in [0.25, 0.3) is 0 Å². The lowest BCUT2D eigenvalue weighted by atomic mass is 10.3. The van der Waals surface area contributed by atoms with E-state index in [1.54, 1.807) is 11.4 Å². The van der Waals surface area contributed by atoms with Crippen LogP contribution in [0.1, 0.15) is 35.0 Å². The topological polar surface area (TPSA) is 58.6 Å². The summed E-state index contributed by atoms with van der Waals surface area (Å²) in [6.45, 7) is 3.72. The first kappa shape index (κ1) is 15.7. The van der Waals surface area contributed by atoms with Gasteiger partial charge in [-0.05, 0) is 12.5 Å². The van der Waals surface area contributed by atoms with E-state index in [0.29, 0.717) is 18.7 Å². The number of amides is 1. The number of aliphatic hydroxyl groups excluding tert-OH is 1. The van der Waals surface area contributed by atoms with Crippen molar-refractivity contribution in [1.82, 2.24) is 5.32 Å². The number of hydrogen-bond donors (Lipinski definition) is 2. The van der Waals surface area contributed by atoms with E-state index in [0.717, 1.165) is 24.3 Å². The van der Waals surface area contributed by atoms with Crippen LogP contribution in [0.4, 0.5) is 0 Å². The number of hydrogen-bond acceptors (Lipinski definition) is 4. The SMILES string of the molecule is CCCCOCCNC(=O)c1csc(C#CCO)c1. The maximum absolute atomic E-state index is 11.8. The Bertz CT molecular complexity index is 445. The van der Waals surface area contributed by atoms with Crippen LogP contribution >= 0.6 is 11.3 Å². The van der Waals surface area contributed by atoms with Crippen LogP contribution in [0.15, 0.2) is 11.4 Å². The van der Waals surface area contributed by atoms with Gasteiger partial charge in [0.15, 0.2) is 0 Å². The monoisotopic (exact) mass is 281 g/mol. The normalized spacial score (nSPS) is 9.79. The summed E-state index contributed by atoms with van der Waals surface area (Å²) in [5.74, 6) is 5.21. The number of unbranched alkanes of at least 4 members (excludes halogenated alkanes) is 1. The van der Waals surface area contributed by atoms with Crippen molar-refractivity contribution in [3.63, 3.8) is 0 Å². The van der Waals surface area contributed by atoms with Gasteiger partial charge in [-0.3, -0.25) is 4.79 Å². The summed E-state index contributed by atoms with van der Waals surface area (Å²) in [5.41, 5.74) is 0.598. The van der Waals surface area contributed by atoms with Crippen LogP contribution in [-0.4, -0.2) is 37.4 Å². The average molecular weight is 281 g/mol. The molecule has 0 spiro atoms. The number of ether oxygens (including phenoxy) is 1. The fourth-order valence-corrected chi connectivity index (χ4v) is 2.09. The molecular weight excluding hydrogens is 262 g/mol. The van der Waals surface area contributed by atoms with Gasteiger partial charge < -0.3 is 15.2 Å². The average Bonchev–Trinajstić information content (AvgIpc) is 2.89. The van der Waals surface area contributed by atoms with Crippen LogP contribution in [0.5, 0.6) is 0 Å². The lowest BCUT2D eigenvalue weighted by molar-refractivity contribution is 0.0913. The second-order valence-corrected chi connectivity index (χ2v) is 4.79. The molecule has 0 saturated carbocycles. The van der Waals surface area contributed by atoms with Crippen LogP contribution in [0.3, 0.4) is 0 Å².